The van der Waals surface area contributed by atoms with Crippen molar-refractivity contribution in [3.05, 3.63) is 106 Å². The van der Waals surface area contributed by atoms with Gasteiger partial charge < -0.3 is 0 Å². The lowest BCUT2D eigenvalue weighted by Crippen LogP contribution is -1.87. The Hall–Kier alpha value is -3.29. The Morgan fingerprint density at radius 1 is 0.625 bits per heavy atom. The van der Waals surface area contributed by atoms with Crippen molar-refractivity contribution < 1.29 is 4.39 Å². The molecule has 0 spiro atoms. The number of hydrogen-bond donors (Lipinski definition) is 0. The second-order valence-electron chi connectivity index (χ2n) is 5.38. The van der Waals surface area contributed by atoms with Crippen molar-refractivity contribution in [2.75, 3.05) is 0 Å². The molecular formula is C23H15F. The Bertz CT molecular complexity index is 977. The average molecular weight is 310 g/mol. The van der Waals surface area contributed by atoms with E-state index < -0.39 is 0 Å². The molecule has 0 aliphatic rings. The summed E-state index contributed by atoms with van der Waals surface area (Å²) >= 11 is 0. The molecule has 3 rings (SSSR count). The molecule has 0 radical (unpaired) electrons. The van der Waals surface area contributed by atoms with E-state index in [4.69, 9.17) is 0 Å². The van der Waals surface area contributed by atoms with Crippen LogP contribution in [0.4, 0.5) is 4.39 Å². The highest BCUT2D eigenvalue weighted by atomic mass is 19.1. The molecule has 0 saturated carbocycles. The monoisotopic (exact) mass is 310 g/mol. The second-order valence-corrected chi connectivity index (χ2v) is 5.38. The van der Waals surface area contributed by atoms with Crippen LogP contribution < -0.4 is 0 Å². The van der Waals surface area contributed by atoms with Crippen LogP contribution in [0.25, 0.3) is 0 Å². The first-order valence-electron chi connectivity index (χ1n) is 7.67. The Kier molecular flexibility index (Phi) is 4.76. The lowest BCUT2D eigenvalue weighted by Gasteiger charge is -1.97. The summed E-state index contributed by atoms with van der Waals surface area (Å²) in [6.45, 7) is 1.99. The van der Waals surface area contributed by atoms with E-state index in [0.717, 1.165) is 16.7 Å². The highest BCUT2D eigenvalue weighted by Gasteiger charge is 2.00. The van der Waals surface area contributed by atoms with E-state index in [9.17, 15) is 4.39 Å². The first kappa shape index (κ1) is 15.6. The van der Waals surface area contributed by atoms with Crippen molar-refractivity contribution >= 4 is 0 Å². The maximum absolute atomic E-state index is 14.2. The van der Waals surface area contributed by atoms with Gasteiger partial charge in [-0.1, -0.05) is 60.1 Å². The van der Waals surface area contributed by atoms with E-state index in [1.165, 1.54) is 6.07 Å². The van der Waals surface area contributed by atoms with Gasteiger partial charge in [-0.05, 0) is 48.9 Å². The van der Waals surface area contributed by atoms with Crippen LogP contribution in [0, 0.1) is 36.4 Å². The van der Waals surface area contributed by atoms with Crippen LogP contribution in [-0.2, 0) is 0 Å². The third-order valence-electron chi connectivity index (χ3n) is 3.57. The normalized spacial score (nSPS) is 9.42. The third-order valence-corrected chi connectivity index (χ3v) is 3.57. The molecule has 24 heavy (non-hydrogen) atoms. The van der Waals surface area contributed by atoms with Gasteiger partial charge in [-0.25, -0.2) is 4.39 Å². The number of hydrogen-bond acceptors (Lipinski definition) is 0. The van der Waals surface area contributed by atoms with E-state index >= 15 is 0 Å². The molecule has 0 fully saturated rings. The van der Waals surface area contributed by atoms with Crippen molar-refractivity contribution in [2.24, 2.45) is 0 Å². The van der Waals surface area contributed by atoms with Gasteiger partial charge in [0, 0.05) is 16.7 Å². The standard InChI is InChI=1S/C23H15F/c1-18-7-5-6-10-21(18)15-16-22-14-13-20(17-23(22)24)12-11-19-8-3-2-4-9-19/h2-10,13-14,17H,1H3. The molecule has 0 aromatic heterocycles. The molecule has 0 bridgehead atoms. The van der Waals surface area contributed by atoms with E-state index in [0.29, 0.717) is 11.1 Å². The molecule has 0 amide bonds. The first-order chi connectivity index (χ1) is 11.7. The summed E-state index contributed by atoms with van der Waals surface area (Å²) < 4.78 is 14.2. The zero-order valence-electron chi connectivity index (χ0n) is 13.3. The zero-order chi connectivity index (χ0) is 16.8. The SMILES string of the molecule is Cc1ccccc1C#Cc1ccc(C#Cc2ccccc2)cc1F. The van der Waals surface area contributed by atoms with Gasteiger partial charge in [-0.2, -0.15) is 0 Å². The third kappa shape index (κ3) is 3.92. The minimum Gasteiger partial charge on any atom is -0.206 e. The van der Waals surface area contributed by atoms with Crippen LogP contribution in [0.1, 0.15) is 27.8 Å². The molecule has 3 aromatic carbocycles. The lowest BCUT2D eigenvalue weighted by atomic mass is 10.1. The Morgan fingerprint density at radius 3 is 2.04 bits per heavy atom. The Labute approximate surface area is 142 Å². The van der Waals surface area contributed by atoms with Gasteiger partial charge in [-0.3, -0.25) is 0 Å². The molecule has 114 valence electrons. The van der Waals surface area contributed by atoms with E-state index in [2.05, 4.69) is 23.7 Å². The van der Waals surface area contributed by atoms with Crippen LogP contribution in [0.3, 0.4) is 0 Å². The van der Waals surface area contributed by atoms with Crippen LogP contribution in [0.5, 0.6) is 0 Å². The molecule has 1 heteroatoms. The van der Waals surface area contributed by atoms with E-state index in [1.54, 1.807) is 12.1 Å². The van der Waals surface area contributed by atoms with Crippen molar-refractivity contribution in [3.8, 4) is 23.7 Å². The predicted octanol–water partition coefficient (Wildman–Crippen LogP) is 4.93. The fraction of sp³-hybridized carbons (Fsp3) is 0.0435. The summed E-state index contributed by atoms with van der Waals surface area (Å²) in [5, 5.41) is 0. The number of rotatable bonds is 0. The molecule has 0 nitrogen and oxygen atoms in total. The molecule has 0 saturated heterocycles. The van der Waals surface area contributed by atoms with Crippen molar-refractivity contribution in [1.82, 2.24) is 0 Å². The van der Waals surface area contributed by atoms with E-state index in [-0.39, 0.29) is 5.82 Å². The van der Waals surface area contributed by atoms with Crippen LogP contribution >= 0.6 is 0 Å². The van der Waals surface area contributed by atoms with Gasteiger partial charge in [0.25, 0.3) is 0 Å². The molecule has 0 unspecified atom stereocenters. The largest absolute Gasteiger partial charge is 0.206 e. The summed E-state index contributed by atoms with van der Waals surface area (Å²) in [6.07, 6.45) is 0. The van der Waals surface area contributed by atoms with Crippen molar-refractivity contribution in [2.45, 2.75) is 6.92 Å². The average Bonchev–Trinajstić information content (AvgIpc) is 2.61. The number of aryl methyl sites for hydroxylation is 1. The van der Waals surface area contributed by atoms with Gasteiger partial charge >= 0.3 is 0 Å². The van der Waals surface area contributed by atoms with Gasteiger partial charge in [0.1, 0.15) is 5.82 Å². The molecule has 0 atom stereocenters. The van der Waals surface area contributed by atoms with Gasteiger partial charge in [0.2, 0.25) is 0 Å². The summed E-state index contributed by atoms with van der Waals surface area (Å²) in [4.78, 5) is 0. The maximum atomic E-state index is 14.2. The predicted molar refractivity (Wildman–Crippen MR) is 96.0 cm³/mol. The minimum atomic E-state index is -0.351. The fourth-order valence-electron chi connectivity index (χ4n) is 2.21. The highest BCUT2D eigenvalue weighted by molar-refractivity contribution is 5.49. The van der Waals surface area contributed by atoms with E-state index in [1.807, 2.05) is 61.5 Å². The molecule has 0 N–H and O–H groups in total. The van der Waals surface area contributed by atoms with Crippen LogP contribution in [0.15, 0.2) is 72.8 Å². The molecular weight excluding hydrogens is 295 g/mol. The van der Waals surface area contributed by atoms with Crippen molar-refractivity contribution in [3.63, 3.8) is 0 Å². The number of benzene rings is 3. The Balaban J connectivity index is 1.84. The molecule has 0 heterocycles. The molecule has 0 aliphatic carbocycles. The summed E-state index contributed by atoms with van der Waals surface area (Å²) in [6, 6.07) is 22.3. The van der Waals surface area contributed by atoms with Crippen LogP contribution in [-0.4, -0.2) is 0 Å². The van der Waals surface area contributed by atoms with Gasteiger partial charge in [0.05, 0.1) is 5.56 Å². The highest BCUT2D eigenvalue weighted by Crippen LogP contribution is 2.10. The zero-order valence-corrected chi connectivity index (χ0v) is 13.3. The minimum absolute atomic E-state index is 0.351. The quantitative estimate of drug-likeness (QED) is 0.516. The summed E-state index contributed by atoms with van der Waals surface area (Å²) in [5.41, 5.74) is 3.91. The summed E-state index contributed by atoms with van der Waals surface area (Å²) in [7, 11) is 0. The first-order valence-corrected chi connectivity index (χ1v) is 7.67. The second kappa shape index (κ2) is 7.32. The fourth-order valence-corrected chi connectivity index (χ4v) is 2.21. The maximum Gasteiger partial charge on any atom is 0.140 e. The smallest absolute Gasteiger partial charge is 0.140 e. The van der Waals surface area contributed by atoms with Gasteiger partial charge in [0.15, 0.2) is 0 Å². The Morgan fingerprint density at radius 2 is 1.29 bits per heavy atom. The summed E-state index contributed by atoms with van der Waals surface area (Å²) in [5.74, 6) is 11.6. The lowest BCUT2D eigenvalue weighted by molar-refractivity contribution is 0.624. The topological polar surface area (TPSA) is 0 Å². The van der Waals surface area contributed by atoms with Crippen molar-refractivity contribution in [1.29, 1.82) is 0 Å². The van der Waals surface area contributed by atoms with Gasteiger partial charge in [-0.15, -0.1) is 0 Å². The van der Waals surface area contributed by atoms with Crippen LogP contribution in [0.2, 0.25) is 0 Å². The molecule has 3 aromatic rings. The number of halogens is 1. The molecule has 0 aliphatic heterocycles.